The standard InChI is InChI=1S/C18H23BrN4OS.HI/c1-12-4-6-14(19)10-16(12)23-17(24)8-9-21-18(20-3)22-11-15-7-5-13(2)25-15;/h4-7,10H,8-9,11H2,1-3H3,(H,23,24)(H2,20,21,22);1H. The van der Waals surface area contributed by atoms with Gasteiger partial charge in [-0.05, 0) is 43.7 Å². The van der Waals surface area contributed by atoms with Crippen LogP contribution < -0.4 is 16.0 Å². The van der Waals surface area contributed by atoms with E-state index in [1.54, 1.807) is 18.4 Å². The number of carbonyl (C=O) groups excluding carboxylic acids is 1. The third-order valence-corrected chi connectivity index (χ3v) is 5.06. The normalized spacial score (nSPS) is 10.8. The van der Waals surface area contributed by atoms with E-state index in [0.717, 1.165) is 22.3 Å². The van der Waals surface area contributed by atoms with E-state index in [4.69, 9.17) is 0 Å². The summed E-state index contributed by atoms with van der Waals surface area (Å²) in [4.78, 5) is 18.8. The molecule has 0 fully saturated rings. The van der Waals surface area contributed by atoms with Crippen molar-refractivity contribution in [2.45, 2.75) is 26.8 Å². The summed E-state index contributed by atoms with van der Waals surface area (Å²) in [6.07, 6.45) is 0.366. The summed E-state index contributed by atoms with van der Waals surface area (Å²) < 4.78 is 0.944. The van der Waals surface area contributed by atoms with Crippen molar-refractivity contribution in [1.29, 1.82) is 0 Å². The van der Waals surface area contributed by atoms with Gasteiger partial charge in [-0.2, -0.15) is 0 Å². The number of guanidine groups is 1. The molecule has 1 aromatic carbocycles. The number of amides is 1. The molecule has 26 heavy (non-hydrogen) atoms. The Labute approximate surface area is 184 Å². The molecule has 0 aliphatic carbocycles. The summed E-state index contributed by atoms with van der Waals surface area (Å²) in [6.45, 7) is 5.30. The summed E-state index contributed by atoms with van der Waals surface area (Å²) in [6, 6.07) is 10.0. The number of hydrogen-bond donors (Lipinski definition) is 3. The summed E-state index contributed by atoms with van der Waals surface area (Å²) in [5, 5.41) is 9.35. The van der Waals surface area contributed by atoms with Crippen molar-refractivity contribution in [2.24, 2.45) is 4.99 Å². The van der Waals surface area contributed by atoms with Crippen LogP contribution in [0.2, 0.25) is 0 Å². The van der Waals surface area contributed by atoms with Gasteiger partial charge in [0.1, 0.15) is 0 Å². The Balaban J connectivity index is 0.00000338. The largest absolute Gasteiger partial charge is 0.356 e. The fourth-order valence-corrected chi connectivity index (χ4v) is 3.40. The Morgan fingerprint density at radius 1 is 1.19 bits per heavy atom. The van der Waals surface area contributed by atoms with E-state index in [1.165, 1.54) is 9.75 Å². The topological polar surface area (TPSA) is 65.5 Å². The number of hydrogen-bond acceptors (Lipinski definition) is 3. The van der Waals surface area contributed by atoms with Gasteiger partial charge in [-0.1, -0.05) is 22.0 Å². The zero-order valence-electron chi connectivity index (χ0n) is 15.1. The molecule has 3 N–H and O–H groups in total. The average Bonchev–Trinajstić information content (AvgIpc) is 2.99. The van der Waals surface area contributed by atoms with Gasteiger partial charge in [-0.15, -0.1) is 35.3 Å². The van der Waals surface area contributed by atoms with Gasteiger partial charge in [0.2, 0.25) is 5.91 Å². The molecule has 8 heteroatoms. The number of halogens is 2. The molecule has 1 heterocycles. The van der Waals surface area contributed by atoms with E-state index < -0.39 is 0 Å². The highest BCUT2D eigenvalue weighted by atomic mass is 127. The first kappa shape index (κ1) is 22.9. The molecule has 1 amide bonds. The molecule has 1 aromatic heterocycles. The number of carbonyl (C=O) groups is 1. The Hall–Kier alpha value is -1.13. The van der Waals surface area contributed by atoms with Crippen LogP contribution in [0.4, 0.5) is 5.69 Å². The molecule has 0 unspecified atom stereocenters. The summed E-state index contributed by atoms with van der Waals surface area (Å²) in [7, 11) is 1.72. The zero-order valence-corrected chi connectivity index (χ0v) is 19.8. The summed E-state index contributed by atoms with van der Waals surface area (Å²) in [5.41, 5.74) is 1.86. The number of nitrogens with zero attached hydrogens (tertiary/aromatic N) is 1. The first-order chi connectivity index (χ1) is 12.0. The number of nitrogens with one attached hydrogen (secondary N) is 3. The minimum atomic E-state index is -0.0296. The highest BCUT2D eigenvalue weighted by Crippen LogP contribution is 2.20. The van der Waals surface area contributed by atoms with Crippen LogP contribution in [0.25, 0.3) is 0 Å². The van der Waals surface area contributed by atoms with Crippen LogP contribution in [0, 0.1) is 13.8 Å². The van der Waals surface area contributed by atoms with Crippen molar-refractivity contribution >= 4 is 68.8 Å². The van der Waals surface area contributed by atoms with Gasteiger partial charge in [0.05, 0.1) is 6.54 Å². The Morgan fingerprint density at radius 2 is 1.96 bits per heavy atom. The molecule has 142 valence electrons. The van der Waals surface area contributed by atoms with Crippen molar-refractivity contribution in [3.63, 3.8) is 0 Å². The minimum absolute atomic E-state index is 0. The fourth-order valence-electron chi connectivity index (χ4n) is 2.21. The first-order valence-electron chi connectivity index (χ1n) is 8.04. The summed E-state index contributed by atoms with van der Waals surface area (Å²) >= 11 is 5.18. The van der Waals surface area contributed by atoms with Crippen molar-refractivity contribution in [2.75, 3.05) is 18.9 Å². The van der Waals surface area contributed by atoms with Crippen LogP contribution in [-0.4, -0.2) is 25.5 Å². The quantitative estimate of drug-likeness (QED) is 0.283. The number of rotatable bonds is 6. The second-order valence-corrected chi connectivity index (χ2v) is 7.91. The number of aryl methyl sites for hydroxylation is 2. The van der Waals surface area contributed by atoms with Crippen LogP contribution in [0.3, 0.4) is 0 Å². The zero-order chi connectivity index (χ0) is 18.2. The lowest BCUT2D eigenvalue weighted by Crippen LogP contribution is -2.38. The summed E-state index contributed by atoms with van der Waals surface area (Å²) in [5.74, 6) is 0.663. The van der Waals surface area contributed by atoms with Crippen molar-refractivity contribution in [3.05, 3.63) is 50.1 Å². The van der Waals surface area contributed by atoms with E-state index in [-0.39, 0.29) is 29.9 Å². The van der Waals surface area contributed by atoms with E-state index in [1.807, 2.05) is 25.1 Å². The highest BCUT2D eigenvalue weighted by molar-refractivity contribution is 14.0. The molecule has 2 rings (SSSR count). The predicted molar refractivity (Wildman–Crippen MR) is 125 cm³/mol. The third-order valence-electron chi connectivity index (χ3n) is 3.57. The second kappa shape index (κ2) is 11.6. The van der Waals surface area contributed by atoms with E-state index in [2.05, 4.69) is 55.9 Å². The molecular weight excluding hydrogens is 527 g/mol. The van der Waals surface area contributed by atoms with Gasteiger partial charge < -0.3 is 16.0 Å². The van der Waals surface area contributed by atoms with Crippen molar-refractivity contribution < 1.29 is 4.79 Å². The number of anilines is 1. The number of benzene rings is 1. The molecule has 0 aliphatic rings. The predicted octanol–water partition coefficient (Wildman–Crippen LogP) is 4.44. The Kier molecular flexibility index (Phi) is 10.2. The van der Waals surface area contributed by atoms with Crippen LogP contribution in [-0.2, 0) is 11.3 Å². The first-order valence-corrected chi connectivity index (χ1v) is 9.64. The SMILES string of the molecule is CN=C(NCCC(=O)Nc1cc(Br)ccc1C)NCc1ccc(C)s1.I. The average molecular weight is 551 g/mol. The van der Waals surface area contributed by atoms with Crippen molar-refractivity contribution in [1.82, 2.24) is 10.6 Å². The van der Waals surface area contributed by atoms with E-state index in [0.29, 0.717) is 18.9 Å². The van der Waals surface area contributed by atoms with Gasteiger partial charge in [0.25, 0.3) is 0 Å². The molecule has 0 bridgehead atoms. The lowest BCUT2D eigenvalue weighted by Gasteiger charge is -2.12. The minimum Gasteiger partial charge on any atom is -0.356 e. The van der Waals surface area contributed by atoms with Crippen LogP contribution in [0.15, 0.2) is 39.8 Å². The van der Waals surface area contributed by atoms with E-state index in [9.17, 15) is 4.79 Å². The monoisotopic (exact) mass is 550 g/mol. The molecule has 0 saturated carbocycles. The van der Waals surface area contributed by atoms with Crippen molar-refractivity contribution in [3.8, 4) is 0 Å². The molecule has 0 spiro atoms. The van der Waals surface area contributed by atoms with Gasteiger partial charge in [0, 0.05) is 39.9 Å². The smallest absolute Gasteiger partial charge is 0.226 e. The van der Waals surface area contributed by atoms with E-state index >= 15 is 0 Å². The second-order valence-electron chi connectivity index (χ2n) is 5.62. The number of thiophene rings is 1. The lowest BCUT2D eigenvalue weighted by molar-refractivity contribution is -0.116. The maximum absolute atomic E-state index is 12.1. The molecule has 0 aliphatic heterocycles. The molecule has 0 saturated heterocycles. The fraction of sp³-hybridized carbons (Fsp3) is 0.333. The lowest BCUT2D eigenvalue weighted by atomic mass is 10.2. The maximum Gasteiger partial charge on any atom is 0.226 e. The van der Waals surface area contributed by atoms with Gasteiger partial charge in [-0.25, -0.2) is 0 Å². The number of aliphatic imine (C=N–C) groups is 1. The van der Waals surface area contributed by atoms with Crippen LogP contribution in [0.1, 0.15) is 21.7 Å². The third kappa shape index (κ3) is 7.63. The van der Waals surface area contributed by atoms with Crippen LogP contribution in [0.5, 0.6) is 0 Å². The Bertz CT molecular complexity index is 763. The van der Waals surface area contributed by atoms with Gasteiger partial charge in [-0.3, -0.25) is 9.79 Å². The highest BCUT2D eigenvalue weighted by Gasteiger charge is 2.06. The van der Waals surface area contributed by atoms with Crippen LogP contribution >= 0.6 is 51.2 Å². The Morgan fingerprint density at radius 3 is 2.62 bits per heavy atom. The molecule has 0 atom stereocenters. The van der Waals surface area contributed by atoms with Gasteiger partial charge >= 0.3 is 0 Å². The molecule has 0 radical (unpaired) electrons. The molecule has 5 nitrogen and oxygen atoms in total. The maximum atomic E-state index is 12.1. The molecular formula is C18H24BrIN4OS. The molecule has 2 aromatic rings. The van der Waals surface area contributed by atoms with Gasteiger partial charge in [0.15, 0.2) is 5.96 Å².